The second-order valence-corrected chi connectivity index (χ2v) is 4.17. The molecule has 2 rings (SSSR count). The molecule has 7 heteroatoms. The van der Waals surface area contributed by atoms with Crippen LogP contribution in [-0.4, -0.2) is 11.5 Å². The Hall–Kier alpha value is -2.33. The fourth-order valence-corrected chi connectivity index (χ4v) is 2.08. The maximum Gasteiger partial charge on any atom is 0.278 e. The lowest BCUT2D eigenvalue weighted by Gasteiger charge is -2.06. The normalized spacial score (nSPS) is 9.83. The highest BCUT2D eigenvalue weighted by atomic mass is 32.1. The molecule has 92 valence electrons. The van der Waals surface area contributed by atoms with Crippen molar-refractivity contribution < 1.29 is 9.13 Å². The number of H-pyrrole nitrogens is 1. The quantitative estimate of drug-likeness (QED) is 0.891. The van der Waals surface area contributed by atoms with Gasteiger partial charge in [0.05, 0.1) is 7.11 Å². The summed E-state index contributed by atoms with van der Waals surface area (Å²) < 4.78 is 20.6. The second-order valence-electron chi connectivity index (χ2n) is 3.35. The second kappa shape index (κ2) is 4.89. The average molecular weight is 265 g/mol. The Morgan fingerprint density at radius 3 is 2.94 bits per heavy atom. The topological polar surface area (TPSA) is 77.9 Å². The zero-order valence-corrected chi connectivity index (χ0v) is 10.1. The first-order valence-electron chi connectivity index (χ1n) is 4.87. The highest BCUT2D eigenvalue weighted by Crippen LogP contribution is 2.25. The number of methoxy groups -OCH3 is 1. The molecule has 1 aromatic carbocycles. The Bertz CT molecular complexity index is 672. The predicted octanol–water partition coefficient (Wildman–Crippen LogP) is 2.20. The average Bonchev–Trinajstić information content (AvgIpc) is 2.69. The van der Waals surface area contributed by atoms with Crippen LogP contribution in [0.5, 0.6) is 5.75 Å². The van der Waals surface area contributed by atoms with Gasteiger partial charge in [0.15, 0.2) is 5.56 Å². The molecule has 0 spiro atoms. The van der Waals surface area contributed by atoms with E-state index in [2.05, 4.69) is 9.69 Å². The van der Waals surface area contributed by atoms with Crippen LogP contribution in [-0.2, 0) is 0 Å². The lowest BCUT2D eigenvalue weighted by Crippen LogP contribution is -2.02. The van der Waals surface area contributed by atoms with E-state index in [1.807, 2.05) is 0 Å². The van der Waals surface area contributed by atoms with Crippen molar-refractivity contribution >= 4 is 22.2 Å². The maximum absolute atomic E-state index is 13.3. The first-order chi connectivity index (χ1) is 8.63. The number of anilines is 2. The molecule has 0 atom stereocenters. The van der Waals surface area contributed by atoms with Crippen molar-refractivity contribution in [1.29, 1.82) is 5.26 Å². The first kappa shape index (κ1) is 12.1. The molecule has 5 nitrogen and oxygen atoms in total. The third-order valence-electron chi connectivity index (χ3n) is 2.18. The molecule has 0 aliphatic rings. The number of aromatic nitrogens is 1. The Morgan fingerprint density at radius 1 is 1.50 bits per heavy atom. The summed E-state index contributed by atoms with van der Waals surface area (Å²) in [7, 11) is 1.42. The van der Waals surface area contributed by atoms with E-state index in [0.717, 1.165) is 11.5 Å². The highest BCUT2D eigenvalue weighted by molar-refractivity contribution is 7.10. The van der Waals surface area contributed by atoms with E-state index in [0.29, 0.717) is 16.4 Å². The smallest absolute Gasteiger partial charge is 0.278 e. The number of nitrogens with one attached hydrogen (secondary N) is 2. The van der Waals surface area contributed by atoms with E-state index in [1.54, 1.807) is 12.1 Å². The molecule has 0 unspecified atom stereocenters. The fourth-order valence-electron chi connectivity index (χ4n) is 1.38. The van der Waals surface area contributed by atoms with Crippen molar-refractivity contribution in [2.45, 2.75) is 0 Å². The van der Waals surface area contributed by atoms with Crippen molar-refractivity contribution in [2.75, 3.05) is 12.4 Å². The zero-order chi connectivity index (χ0) is 13.1. The van der Waals surface area contributed by atoms with Gasteiger partial charge in [-0.05, 0) is 17.6 Å². The molecule has 0 saturated heterocycles. The van der Waals surface area contributed by atoms with E-state index in [4.69, 9.17) is 10.00 Å². The Morgan fingerprint density at radius 2 is 2.28 bits per heavy atom. The molecule has 1 aromatic heterocycles. The molecular formula is C11H8FN3O2S. The van der Waals surface area contributed by atoms with Crippen LogP contribution in [0.25, 0.3) is 0 Å². The Balaban J connectivity index is 2.37. The van der Waals surface area contributed by atoms with Crippen molar-refractivity contribution in [1.82, 2.24) is 4.37 Å². The minimum Gasteiger partial charge on any atom is -0.497 e. The molecule has 0 aliphatic carbocycles. The molecule has 18 heavy (non-hydrogen) atoms. The van der Waals surface area contributed by atoms with Gasteiger partial charge in [0.2, 0.25) is 0 Å². The fraction of sp³-hybridized carbons (Fsp3) is 0.0909. The minimum atomic E-state index is -0.474. The molecule has 0 saturated carbocycles. The summed E-state index contributed by atoms with van der Waals surface area (Å²) in [6.45, 7) is 0. The maximum atomic E-state index is 13.3. The van der Waals surface area contributed by atoms with Gasteiger partial charge in [-0.2, -0.15) is 5.26 Å². The number of nitriles is 1. The number of benzene rings is 1. The largest absolute Gasteiger partial charge is 0.497 e. The molecule has 0 radical (unpaired) electrons. The monoisotopic (exact) mass is 265 g/mol. The number of rotatable bonds is 3. The summed E-state index contributed by atoms with van der Waals surface area (Å²) in [5, 5.41) is 12.0. The minimum absolute atomic E-state index is 0.0248. The summed E-state index contributed by atoms with van der Waals surface area (Å²) in [4.78, 5) is 11.2. The summed E-state index contributed by atoms with van der Waals surface area (Å²) >= 11 is 0.981. The summed E-state index contributed by atoms with van der Waals surface area (Å²) in [6, 6.07) is 5.83. The molecule has 2 N–H and O–H groups in total. The van der Waals surface area contributed by atoms with Crippen LogP contribution in [0, 0.1) is 17.1 Å². The van der Waals surface area contributed by atoms with Crippen LogP contribution in [0.4, 0.5) is 15.1 Å². The zero-order valence-electron chi connectivity index (χ0n) is 9.28. The number of halogens is 1. The first-order valence-corrected chi connectivity index (χ1v) is 5.69. The summed E-state index contributed by atoms with van der Waals surface area (Å²) in [5.41, 5.74) is -0.0878. The van der Waals surface area contributed by atoms with Gasteiger partial charge in [-0.25, -0.2) is 4.39 Å². The van der Waals surface area contributed by atoms with E-state index < -0.39 is 11.4 Å². The number of nitrogens with zero attached hydrogens (tertiary/aromatic N) is 1. The third-order valence-corrected chi connectivity index (χ3v) is 2.97. The van der Waals surface area contributed by atoms with Crippen molar-refractivity contribution in [3.8, 4) is 11.8 Å². The van der Waals surface area contributed by atoms with Gasteiger partial charge in [0.25, 0.3) is 5.56 Å². The van der Waals surface area contributed by atoms with Crippen molar-refractivity contribution in [3.05, 3.63) is 39.9 Å². The van der Waals surface area contributed by atoms with Gasteiger partial charge in [-0.3, -0.25) is 9.17 Å². The van der Waals surface area contributed by atoms with Crippen molar-refractivity contribution in [3.63, 3.8) is 0 Å². The molecular weight excluding hydrogens is 257 g/mol. The van der Waals surface area contributed by atoms with E-state index in [-0.39, 0.29) is 5.56 Å². The number of hydrogen-bond acceptors (Lipinski definition) is 5. The molecule has 0 bridgehead atoms. The van der Waals surface area contributed by atoms with Crippen LogP contribution in [0.2, 0.25) is 0 Å². The van der Waals surface area contributed by atoms with Crippen LogP contribution in [0.1, 0.15) is 5.56 Å². The van der Waals surface area contributed by atoms with Gasteiger partial charge in [0.1, 0.15) is 22.6 Å². The lowest BCUT2D eigenvalue weighted by atomic mass is 10.3. The Labute approximate surface area is 106 Å². The van der Waals surface area contributed by atoms with E-state index in [1.165, 1.54) is 19.2 Å². The SMILES string of the molecule is COc1cc(F)cc(Nc2s[nH]c(=O)c2C#N)c1. The predicted molar refractivity (Wildman–Crippen MR) is 65.9 cm³/mol. The van der Waals surface area contributed by atoms with Crippen LogP contribution >= 0.6 is 11.5 Å². The van der Waals surface area contributed by atoms with Gasteiger partial charge in [-0.1, -0.05) is 0 Å². The lowest BCUT2D eigenvalue weighted by molar-refractivity contribution is 0.411. The third kappa shape index (κ3) is 2.33. The van der Waals surface area contributed by atoms with Crippen LogP contribution in [0.3, 0.4) is 0 Å². The van der Waals surface area contributed by atoms with Crippen LogP contribution in [0.15, 0.2) is 23.0 Å². The number of aromatic amines is 1. The molecule has 2 aromatic rings. The Kier molecular flexibility index (Phi) is 3.30. The molecule has 0 amide bonds. The highest BCUT2D eigenvalue weighted by Gasteiger charge is 2.10. The standard InChI is InChI=1S/C11H8FN3O2S/c1-17-8-3-6(12)2-7(4-8)14-11-9(5-13)10(16)15-18-11/h2-4,14H,1H3,(H,15,16). The van der Waals surface area contributed by atoms with Gasteiger partial charge in [0, 0.05) is 17.8 Å². The van der Waals surface area contributed by atoms with Gasteiger partial charge in [-0.15, -0.1) is 0 Å². The van der Waals surface area contributed by atoms with E-state index in [9.17, 15) is 9.18 Å². The molecule has 0 aliphatic heterocycles. The molecule has 0 fully saturated rings. The summed E-state index contributed by atoms with van der Waals surface area (Å²) in [5.74, 6) is -0.128. The van der Waals surface area contributed by atoms with Gasteiger partial charge >= 0.3 is 0 Å². The van der Waals surface area contributed by atoms with Crippen molar-refractivity contribution in [2.24, 2.45) is 0 Å². The number of ether oxygens (including phenoxy) is 1. The van der Waals surface area contributed by atoms with Gasteiger partial charge < -0.3 is 10.1 Å². The number of hydrogen-bond donors (Lipinski definition) is 2. The van der Waals surface area contributed by atoms with Crippen LogP contribution < -0.4 is 15.6 Å². The van der Waals surface area contributed by atoms with E-state index >= 15 is 0 Å². The summed E-state index contributed by atoms with van der Waals surface area (Å²) in [6.07, 6.45) is 0. The molecule has 1 heterocycles.